The van der Waals surface area contributed by atoms with Crippen LogP contribution in [0.2, 0.25) is 0 Å². The summed E-state index contributed by atoms with van der Waals surface area (Å²) in [4.78, 5) is 0. The van der Waals surface area contributed by atoms with Crippen LogP contribution in [0.3, 0.4) is 0 Å². The molecule has 0 aliphatic carbocycles. The average Bonchev–Trinajstić information content (AvgIpc) is 1.82. The predicted octanol–water partition coefficient (Wildman–Crippen LogP) is 1.02. The lowest BCUT2D eigenvalue weighted by Crippen LogP contribution is -2.36. The molecule has 3 nitrogen and oxygen atoms in total. The van der Waals surface area contributed by atoms with Gasteiger partial charge in [0.2, 0.25) is 0 Å². The van der Waals surface area contributed by atoms with Crippen LogP contribution < -0.4 is 0 Å². The molecule has 1 aliphatic rings. The van der Waals surface area contributed by atoms with Gasteiger partial charge >= 0.3 is 11.4 Å². The number of rotatable bonds is 0. The zero-order valence-corrected chi connectivity index (χ0v) is 7.18. The molecule has 0 aromatic heterocycles. The summed E-state index contributed by atoms with van der Waals surface area (Å²) in [5.74, 6) is 0.317. The molecule has 0 bridgehead atoms. The van der Waals surface area contributed by atoms with Crippen LogP contribution in [0.25, 0.3) is 0 Å². The van der Waals surface area contributed by atoms with Crippen LogP contribution in [-0.4, -0.2) is 16.4 Å². The summed E-state index contributed by atoms with van der Waals surface area (Å²) in [6.45, 7) is 5.83. The second-order valence-corrected chi connectivity index (χ2v) is 3.46. The molecule has 60 valence electrons. The molecule has 1 aliphatic heterocycles. The van der Waals surface area contributed by atoms with Crippen LogP contribution >= 0.6 is 0 Å². The van der Waals surface area contributed by atoms with Gasteiger partial charge in [-0.2, -0.15) is 4.21 Å². The van der Waals surface area contributed by atoms with Crippen LogP contribution in [0.5, 0.6) is 0 Å². The first-order valence-corrected chi connectivity index (χ1v) is 4.37. The van der Waals surface area contributed by atoms with Gasteiger partial charge in [0, 0.05) is 5.92 Å². The standard InChI is InChI=1S/C6H12O3S/c1-4-5(2)8-10(7)9-6(4)3/h4-6H,1-3H3. The molecule has 0 N–H and O–H groups in total. The van der Waals surface area contributed by atoms with Crippen molar-refractivity contribution in [2.24, 2.45) is 5.92 Å². The lowest BCUT2D eigenvalue weighted by atomic mass is 10.0. The van der Waals surface area contributed by atoms with Crippen LogP contribution in [-0.2, 0) is 19.7 Å². The lowest BCUT2D eigenvalue weighted by molar-refractivity contribution is 0.0236. The maximum absolute atomic E-state index is 10.7. The zero-order chi connectivity index (χ0) is 7.72. The topological polar surface area (TPSA) is 35.5 Å². The maximum Gasteiger partial charge on any atom is 0.305 e. The van der Waals surface area contributed by atoms with E-state index in [2.05, 4.69) is 0 Å². The largest absolute Gasteiger partial charge is 0.305 e. The minimum absolute atomic E-state index is 0.0320. The van der Waals surface area contributed by atoms with Crippen molar-refractivity contribution in [2.75, 3.05) is 0 Å². The smallest absolute Gasteiger partial charge is 0.265 e. The third-order valence-electron chi connectivity index (χ3n) is 1.94. The van der Waals surface area contributed by atoms with E-state index in [-0.39, 0.29) is 12.2 Å². The van der Waals surface area contributed by atoms with Crippen molar-refractivity contribution >= 4 is 11.4 Å². The summed E-state index contributed by atoms with van der Waals surface area (Å²) in [5.41, 5.74) is 0. The van der Waals surface area contributed by atoms with Crippen molar-refractivity contribution in [1.82, 2.24) is 0 Å². The van der Waals surface area contributed by atoms with Crippen LogP contribution in [0, 0.1) is 5.92 Å². The Labute approximate surface area is 63.6 Å². The SMILES string of the molecule is CC1OS(=O)OC(C)C1C. The first-order valence-electron chi connectivity index (χ1n) is 3.37. The molecule has 2 unspecified atom stereocenters. The lowest BCUT2D eigenvalue weighted by Gasteiger charge is -2.29. The van der Waals surface area contributed by atoms with Crippen LogP contribution in [0.15, 0.2) is 0 Å². The molecule has 1 fully saturated rings. The highest BCUT2D eigenvalue weighted by atomic mass is 32.2. The van der Waals surface area contributed by atoms with Crippen LogP contribution in [0.4, 0.5) is 0 Å². The van der Waals surface area contributed by atoms with Gasteiger partial charge in [-0.05, 0) is 13.8 Å². The highest BCUT2D eigenvalue weighted by Crippen LogP contribution is 2.22. The summed E-state index contributed by atoms with van der Waals surface area (Å²) < 4.78 is 20.5. The van der Waals surface area contributed by atoms with Gasteiger partial charge in [0.1, 0.15) is 0 Å². The highest BCUT2D eigenvalue weighted by molar-refractivity contribution is 7.75. The fourth-order valence-electron chi connectivity index (χ4n) is 0.827. The Balaban J connectivity index is 2.57. The van der Waals surface area contributed by atoms with E-state index in [1.165, 1.54) is 0 Å². The molecule has 10 heavy (non-hydrogen) atoms. The van der Waals surface area contributed by atoms with Crippen molar-refractivity contribution in [3.05, 3.63) is 0 Å². The Morgan fingerprint density at radius 1 is 1.10 bits per heavy atom. The summed E-state index contributed by atoms with van der Waals surface area (Å²) in [6.07, 6.45) is 0.0640. The molecule has 1 saturated heterocycles. The van der Waals surface area contributed by atoms with Gasteiger partial charge in [-0.1, -0.05) is 6.92 Å². The van der Waals surface area contributed by atoms with E-state index < -0.39 is 11.4 Å². The monoisotopic (exact) mass is 164 g/mol. The zero-order valence-electron chi connectivity index (χ0n) is 6.37. The van der Waals surface area contributed by atoms with E-state index in [0.717, 1.165) is 0 Å². The maximum atomic E-state index is 10.7. The van der Waals surface area contributed by atoms with E-state index in [1.54, 1.807) is 0 Å². The fraction of sp³-hybridized carbons (Fsp3) is 1.00. The summed E-state index contributed by atoms with van der Waals surface area (Å²) in [5, 5.41) is 0. The first-order chi connectivity index (χ1) is 4.61. The molecular weight excluding hydrogens is 152 g/mol. The van der Waals surface area contributed by atoms with Gasteiger partial charge in [-0.25, -0.2) is 0 Å². The number of hydrogen-bond donors (Lipinski definition) is 0. The Kier molecular flexibility index (Phi) is 2.44. The molecular formula is C6H12O3S. The summed E-state index contributed by atoms with van der Waals surface area (Å²) >= 11 is -1.52. The molecule has 0 aromatic carbocycles. The Hall–Kier alpha value is 0.0700. The van der Waals surface area contributed by atoms with Gasteiger partial charge < -0.3 is 0 Å². The Bertz CT molecular complexity index is 134. The molecule has 0 saturated carbocycles. The molecule has 1 heterocycles. The second kappa shape index (κ2) is 2.98. The van der Waals surface area contributed by atoms with Gasteiger partial charge in [0.05, 0.1) is 12.2 Å². The van der Waals surface area contributed by atoms with Crippen molar-refractivity contribution in [2.45, 2.75) is 33.0 Å². The van der Waals surface area contributed by atoms with Gasteiger partial charge in [0.15, 0.2) is 0 Å². The first kappa shape index (κ1) is 8.17. The van der Waals surface area contributed by atoms with Crippen molar-refractivity contribution in [3.63, 3.8) is 0 Å². The third-order valence-corrected chi connectivity index (χ3v) is 2.86. The Morgan fingerprint density at radius 3 is 1.90 bits per heavy atom. The van der Waals surface area contributed by atoms with Crippen LogP contribution in [0.1, 0.15) is 20.8 Å². The molecule has 0 radical (unpaired) electrons. The highest BCUT2D eigenvalue weighted by Gasteiger charge is 2.29. The number of hydrogen-bond acceptors (Lipinski definition) is 3. The van der Waals surface area contributed by atoms with Crippen molar-refractivity contribution in [1.29, 1.82) is 0 Å². The summed E-state index contributed by atoms with van der Waals surface area (Å²) in [6, 6.07) is 0. The Morgan fingerprint density at radius 2 is 1.50 bits per heavy atom. The fourth-order valence-corrected chi connectivity index (χ4v) is 1.72. The second-order valence-electron chi connectivity index (χ2n) is 2.67. The average molecular weight is 164 g/mol. The van der Waals surface area contributed by atoms with E-state index in [1.807, 2.05) is 20.8 Å². The van der Waals surface area contributed by atoms with E-state index in [0.29, 0.717) is 5.92 Å². The van der Waals surface area contributed by atoms with Crippen molar-refractivity contribution in [3.8, 4) is 0 Å². The minimum Gasteiger partial charge on any atom is -0.265 e. The van der Waals surface area contributed by atoms with E-state index >= 15 is 0 Å². The normalized spacial score (nSPS) is 49.1. The molecule has 4 heteroatoms. The predicted molar refractivity (Wildman–Crippen MR) is 38.4 cm³/mol. The molecule has 0 spiro atoms. The van der Waals surface area contributed by atoms with E-state index in [4.69, 9.17) is 8.37 Å². The molecule has 0 aromatic rings. The van der Waals surface area contributed by atoms with Gasteiger partial charge in [-0.3, -0.25) is 8.37 Å². The van der Waals surface area contributed by atoms with Gasteiger partial charge in [0.25, 0.3) is 0 Å². The quantitative estimate of drug-likeness (QED) is 0.536. The summed E-state index contributed by atoms with van der Waals surface area (Å²) in [7, 11) is 0. The van der Waals surface area contributed by atoms with E-state index in [9.17, 15) is 4.21 Å². The molecule has 1 rings (SSSR count). The minimum atomic E-state index is -1.52. The van der Waals surface area contributed by atoms with Gasteiger partial charge in [-0.15, -0.1) is 0 Å². The van der Waals surface area contributed by atoms with Crippen molar-refractivity contribution < 1.29 is 12.6 Å². The molecule has 2 atom stereocenters. The molecule has 0 amide bonds. The third kappa shape index (κ3) is 1.56.